The van der Waals surface area contributed by atoms with Crippen LogP contribution in [0, 0.1) is 0 Å². The van der Waals surface area contributed by atoms with Crippen LogP contribution in [0.15, 0.2) is 36.7 Å². The van der Waals surface area contributed by atoms with Crippen LogP contribution in [0.1, 0.15) is 32.4 Å². The molecule has 0 aliphatic rings. The number of aryl methyl sites for hydroxylation is 1. The summed E-state index contributed by atoms with van der Waals surface area (Å²) >= 11 is 0. The fourth-order valence-corrected chi connectivity index (χ4v) is 1.95. The van der Waals surface area contributed by atoms with Crippen molar-refractivity contribution in [2.24, 2.45) is 0 Å². The van der Waals surface area contributed by atoms with Gasteiger partial charge in [0.1, 0.15) is 5.75 Å². The summed E-state index contributed by atoms with van der Waals surface area (Å²) in [7, 11) is 0. The molecule has 0 amide bonds. The quantitative estimate of drug-likeness (QED) is 0.864. The lowest BCUT2D eigenvalue weighted by Gasteiger charge is -2.13. The van der Waals surface area contributed by atoms with Gasteiger partial charge in [-0.3, -0.25) is 4.68 Å². The molecule has 4 nitrogen and oxygen atoms in total. The van der Waals surface area contributed by atoms with Gasteiger partial charge in [-0.05, 0) is 38.1 Å². The van der Waals surface area contributed by atoms with Crippen LogP contribution in [0.2, 0.25) is 0 Å². The number of nitrogens with zero attached hydrogens (tertiary/aromatic N) is 2. The second kappa shape index (κ2) is 6.38. The molecule has 2 aromatic rings. The Labute approximate surface area is 114 Å². The Morgan fingerprint density at radius 1 is 1.21 bits per heavy atom. The van der Waals surface area contributed by atoms with E-state index in [9.17, 15) is 0 Å². The van der Waals surface area contributed by atoms with Crippen molar-refractivity contribution in [1.82, 2.24) is 15.1 Å². The first-order valence-corrected chi connectivity index (χ1v) is 6.76. The molecule has 1 atom stereocenters. The molecule has 0 saturated carbocycles. The Morgan fingerprint density at radius 2 is 1.95 bits per heavy atom. The molecular formula is C15H21N3O. The average molecular weight is 259 g/mol. The van der Waals surface area contributed by atoms with E-state index in [1.807, 2.05) is 29.9 Å². The highest BCUT2D eigenvalue weighted by Gasteiger charge is 2.04. The van der Waals surface area contributed by atoms with Crippen LogP contribution >= 0.6 is 0 Å². The molecule has 0 fully saturated rings. The Hall–Kier alpha value is -1.81. The summed E-state index contributed by atoms with van der Waals surface area (Å²) in [4.78, 5) is 0. The van der Waals surface area contributed by atoms with Gasteiger partial charge in [-0.25, -0.2) is 0 Å². The lowest BCUT2D eigenvalue weighted by molar-refractivity contribution is 0.480. The van der Waals surface area contributed by atoms with Crippen molar-refractivity contribution in [1.29, 1.82) is 0 Å². The van der Waals surface area contributed by atoms with Crippen LogP contribution in [-0.4, -0.2) is 16.3 Å². The molecule has 4 heteroatoms. The van der Waals surface area contributed by atoms with Gasteiger partial charge in [-0.1, -0.05) is 19.1 Å². The van der Waals surface area contributed by atoms with Gasteiger partial charge in [0.05, 0.1) is 12.4 Å². The SMILES string of the molecule is CCNC(C)c1ccc(Oc2cnn(CC)c2)cc1. The first-order valence-electron chi connectivity index (χ1n) is 6.76. The maximum absolute atomic E-state index is 5.75. The minimum absolute atomic E-state index is 0.363. The lowest BCUT2D eigenvalue weighted by atomic mass is 10.1. The first kappa shape index (κ1) is 13.6. The van der Waals surface area contributed by atoms with E-state index in [1.165, 1.54) is 5.56 Å². The summed E-state index contributed by atoms with van der Waals surface area (Å²) in [5.41, 5.74) is 1.26. The molecule has 0 aliphatic carbocycles. The van der Waals surface area contributed by atoms with Gasteiger partial charge in [-0.15, -0.1) is 0 Å². The Kier molecular flexibility index (Phi) is 4.58. The third-order valence-electron chi connectivity index (χ3n) is 3.06. The second-order valence-electron chi connectivity index (χ2n) is 4.48. The molecular weight excluding hydrogens is 238 g/mol. The normalized spacial score (nSPS) is 12.4. The van der Waals surface area contributed by atoms with E-state index in [0.29, 0.717) is 6.04 Å². The van der Waals surface area contributed by atoms with Crippen LogP contribution in [0.4, 0.5) is 0 Å². The van der Waals surface area contributed by atoms with Crippen LogP contribution in [0.25, 0.3) is 0 Å². The van der Waals surface area contributed by atoms with E-state index in [2.05, 4.69) is 36.4 Å². The standard InChI is InChI=1S/C15H21N3O/c1-4-16-12(3)13-6-8-14(9-7-13)19-15-10-17-18(5-2)11-15/h6-12,16H,4-5H2,1-3H3. The number of ether oxygens (including phenoxy) is 1. The topological polar surface area (TPSA) is 39.1 Å². The number of hydrogen-bond acceptors (Lipinski definition) is 3. The van der Waals surface area contributed by atoms with Gasteiger partial charge in [0.2, 0.25) is 0 Å². The fraction of sp³-hybridized carbons (Fsp3) is 0.400. The van der Waals surface area contributed by atoms with Crippen molar-refractivity contribution in [2.45, 2.75) is 33.4 Å². The van der Waals surface area contributed by atoms with E-state index < -0.39 is 0 Å². The van der Waals surface area contributed by atoms with E-state index in [1.54, 1.807) is 6.20 Å². The Bertz CT molecular complexity index is 504. The summed E-state index contributed by atoms with van der Waals surface area (Å²) in [6.07, 6.45) is 3.63. The van der Waals surface area contributed by atoms with Gasteiger partial charge in [0, 0.05) is 12.6 Å². The molecule has 0 spiro atoms. The Balaban J connectivity index is 2.02. The minimum Gasteiger partial charge on any atom is -0.454 e. The second-order valence-corrected chi connectivity index (χ2v) is 4.48. The maximum Gasteiger partial charge on any atom is 0.165 e. The van der Waals surface area contributed by atoms with Gasteiger partial charge >= 0.3 is 0 Å². The van der Waals surface area contributed by atoms with Crippen LogP contribution in [0.5, 0.6) is 11.5 Å². The summed E-state index contributed by atoms with van der Waals surface area (Å²) in [5, 5.41) is 7.57. The number of aromatic nitrogens is 2. The van der Waals surface area contributed by atoms with Crippen molar-refractivity contribution in [3.63, 3.8) is 0 Å². The largest absolute Gasteiger partial charge is 0.454 e. The number of hydrogen-bond donors (Lipinski definition) is 1. The first-order chi connectivity index (χ1) is 9.22. The van der Waals surface area contributed by atoms with Crippen LogP contribution in [-0.2, 0) is 6.54 Å². The zero-order chi connectivity index (χ0) is 13.7. The average Bonchev–Trinajstić information content (AvgIpc) is 2.87. The monoisotopic (exact) mass is 259 g/mol. The van der Waals surface area contributed by atoms with Crippen molar-refractivity contribution < 1.29 is 4.74 Å². The van der Waals surface area contributed by atoms with E-state index in [4.69, 9.17) is 4.74 Å². The molecule has 1 N–H and O–H groups in total. The summed E-state index contributed by atoms with van der Waals surface area (Å²) in [6, 6.07) is 8.53. The molecule has 19 heavy (non-hydrogen) atoms. The molecule has 102 valence electrons. The molecule has 0 aliphatic heterocycles. The van der Waals surface area contributed by atoms with Crippen molar-refractivity contribution in [3.05, 3.63) is 42.2 Å². The summed E-state index contributed by atoms with van der Waals surface area (Å²) in [6.45, 7) is 8.13. The highest BCUT2D eigenvalue weighted by Crippen LogP contribution is 2.22. The lowest BCUT2D eigenvalue weighted by Crippen LogP contribution is -2.17. The molecule has 1 unspecified atom stereocenters. The van der Waals surface area contributed by atoms with Gasteiger partial charge in [0.25, 0.3) is 0 Å². The third-order valence-corrected chi connectivity index (χ3v) is 3.06. The minimum atomic E-state index is 0.363. The fourth-order valence-electron chi connectivity index (χ4n) is 1.95. The van der Waals surface area contributed by atoms with Gasteiger partial charge < -0.3 is 10.1 Å². The van der Waals surface area contributed by atoms with Gasteiger partial charge in [-0.2, -0.15) is 5.10 Å². The molecule has 1 aromatic carbocycles. The number of nitrogens with one attached hydrogen (secondary N) is 1. The van der Waals surface area contributed by atoms with Crippen molar-refractivity contribution >= 4 is 0 Å². The van der Waals surface area contributed by atoms with E-state index >= 15 is 0 Å². The molecule has 0 saturated heterocycles. The Morgan fingerprint density at radius 3 is 2.53 bits per heavy atom. The molecule has 0 bridgehead atoms. The van der Waals surface area contributed by atoms with Crippen LogP contribution < -0.4 is 10.1 Å². The molecule has 1 aromatic heterocycles. The van der Waals surface area contributed by atoms with E-state index in [-0.39, 0.29) is 0 Å². The number of rotatable bonds is 6. The predicted octanol–water partition coefficient (Wildman–Crippen LogP) is 3.37. The van der Waals surface area contributed by atoms with Gasteiger partial charge in [0.15, 0.2) is 5.75 Å². The zero-order valence-corrected chi connectivity index (χ0v) is 11.8. The smallest absolute Gasteiger partial charge is 0.165 e. The molecule has 0 radical (unpaired) electrons. The number of benzene rings is 1. The maximum atomic E-state index is 5.75. The van der Waals surface area contributed by atoms with Crippen molar-refractivity contribution in [3.8, 4) is 11.5 Å². The highest BCUT2D eigenvalue weighted by molar-refractivity contribution is 5.32. The molecule has 2 rings (SSSR count). The summed E-state index contributed by atoms with van der Waals surface area (Å²) < 4.78 is 7.60. The van der Waals surface area contributed by atoms with Crippen LogP contribution in [0.3, 0.4) is 0 Å². The van der Waals surface area contributed by atoms with Crippen molar-refractivity contribution in [2.75, 3.05) is 6.54 Å². The zero-order valence-electron chi connectivity index (χ0n) is 11.8. The summed E-state index contributed by atoms with van der Waals surface area (Å²) in [5.74, 6) is 1.61. The van der Waals surface area contributed by atoms with E-state index in [0.717, 1.165) is 24.6 Å². The molecule has 1 heterocycles. The third kappa shape index (κ3) is 3.58. The highest BCUT2D eigenvalue weighted by atomic mass is 16.5. The predicted molar refractivity (Wildman–Crippen MR) is 76.5 cm³/mol.